The minimum atomic E-state index is 0.847. The molecule has 180 valence electrons. The number of fused-ring (bicyclic) bond motifs is 3. The standard InChI is InChI=1S/C36H24BrN/c37-35-21-18-26(23-38-35)34-22-25-12-4-5-13-28(25)36(32-17-9-8-16-31(32)34)33-20-19-27(24-10-2-1-3-11-24)29-14-6-7-15-30(29)33/h1-21,23H,22H2. The predicted octanol–water partition coefficient (Wildman–Crippen LogP) is 7.67. The van der Waals surface area contributed by atoms with Gasteiger partial charge in [0.05, 0.1) is 0 Å². The largest absolute Gasteiger partial charge is 0.249 e. The van der Waals surface area contributed by atoms with E-state index in [-0.39, 0.29) is 0 Å². The zero-order valence-electron chi connectivity index (χ0n) is 20.7. The van der Waals surface area contributed by atoms with Crippen molar-refractivity contribution in [2.45, 2.75) is 6.42 Å². The van der Waals surface area contributed by atoms with Crippen LogP contribution in [-0.2, 0) is 6.42 Å². The molecule has 1 nitrogen and oxygen atoms in total. The smallest absolute Gasteiger partial charge is 0.106 e. The molecule has 0 aliphatic heterocycles. The molecule has 6 aromatic rings. The third-order valence-corrected chi connectivity index (χ3v) is 8.00. The summed E-state index contributed by atoms with van der Waals surface area (Å²) in [4.78, 5) is 4.56. The van der Waals surface area contributed by atoms with Crippen molar-refractivity contribution >= 4 is 37.8 Å². The van der Waals surface area contributed by atoms with Gasteiger partial charge in [0, 0.05) is 6.20 Å². The maximum atomic E-state index is 4.56. The lowest BCUT2D eigenvalue weighted by atomic mass is 9.87. The van der Waals surface area contributed by atoms with Crippen molar-refractivity contribution in [1.82, 2.24) is 4.98 Å². The Bertz CT molecular complexity index is 1940. The van der Waals surface area contributed by atoms with E-state index in [1.807, 2.05) is 12.3 Å². The second-order valence-electron chi connectivity index (χ2n) is 9.67. The maximum Gasteiger partial charge on any atom is 0.106 e. The maximum absolute atomic E-state index is 4.56. The lowest BCUT2D eigenvalue weighted by molar-refractivity contribution is 1.21. The average molecular weight is 550 g/mol. The van der Waals surface area contributed by atoms with Gasteiger partial charge in [0.1, 0.15) is 4.60 Å². The highest BCUT2D eigenvalue weighted by Crippen LogP contribution is 2.37. The van der Waals surface area contributed by atoms with Crippen molar-refractivity contribution in [2.24, 2.45) is 0 Å². The summed E-state index contributed by atoms with van der Waals surface area (Å²) in [6.45, 7) is 0. The third-order valence-electron chi connectivity index (χ3n) is 7.53. The van der Waals surface area contributed by atoms with Crippen LogP contribution in [-0.4, -0.2) is 4.98 Å². The fourth-order valence-electron chi connectivity index (χ4n) is 5.80. The minimum Gasteiger partial charge on any atom is -0.249 e. The van der Waals surface area contributed by atoms with Crippen molar-refractivity contribution < 1.29 is 0 Å². The van der Waals surface area contributed by atoms with Crippen LogP contribution in [0.3, 0.4) is 0 Å². The molecule has 0 fully saturated rings. The first-order chi connectivity index (χ1) is 18.8. The Morgan fingerprint density at radius 3 is 1.95 bits per heavy atom. The Hall–Kier alpha value is -4.27. The monoisotopic (exact) mass is 549 g/mol. The zero-order valence-corrected chi connectivity index (χ0v) is 22.3. The van der Waals surface area contributed by atoms with E-state index in [4.69, 9.17) is 0 Å². The summed E-state index contributed by atoms with van der Waals surface area (Å²) in [5, 5.41) is 5.05. The predicted molar refractivity (Wildman–Crippen MR) is 161 cm³/mol. The SMILES string of the molecule is Brc1ccc(C2=c3ccccc3=C(c3ccc(-c4ccccc4)c4ccccc34)c3ccccc3C2)cn1. The Labute approximate surface area is 230 Å². The van der Waals surface area contributed by atoms with Crippen LogP contribution in [0.5, 0.6) is 0 Å². The van der Waals surface area contributed by atoms with E-state index in [9.17, 15) is 0 Å². The van der Waals surface area contributed by atoms with Crippen molar-refractivity contribution in [1.29, 1.82) is 0 Å². The Morgan fingerprint density at radius 1 is 0.500 bits per heavy atom. The molecule has 7 rings (SSSR count). The van der Waals surface area contributed by atoms with Crippen LogP contribution in [0.25, 0.3) is 33.0 Å². The highest BCUT2D eigenvalue weighted by molar-refractivity contribution is 9.10. The fourth-order valence-corrected chi connectivity index (χ4v) is 6.04. The first-order valence-electron chi connectivity index (χ1n) is 12.9. The molecule has 0 saturated heterocycles. The highest BCUT2D eigenvalue weighted by Gasteiger charge is 2.20. The van der Waals surface area contributed by atoms with Crippen molar-refractivity contribution in [3.63, 3.8) is 0 Å². The second kappa shape index (κ2) is 9.55. The molecule has 1 aliphatic rings. The van der Waals surface area contributed by atoms with Gasteiger partial charge >= 0.3 is 0 Å². The zero-order chi connectivity index (χ0) is 25.5. The van der Waals surface area contributed by atoms with Gasteiger partial charge in [0.25, 0.3) is 0 Å². The minimum absolute atomic E-state index is 0.847. The van der Waals surface area contributed by atoms with Crippen LogP contribution in [0.2, 0.25) is 0 Å². The van der Waals surface area contributed by atoms with Gasteiger partial charge in [-0.3, -0.25) is 0 Å². The van der Waals surface area contributed by atoms with Gasteiger partial charge in [0.15, 0.2) is 0 Å². The van der Waals surface area contributed by atoms with E-state index >= 15 is 0 Å². The molecule has 38 heavy (non-hydrogen) atoms. The highest BCUT2D eigenvalue weighted by atomic mass is 79.9. The van der Waals surface area contributed by atoms with Gasteiger partial charge in [-0.15, -0.1) is 0 Å². The van der Waals surface area contributed by atoms with Gasteiger partial charge < -0.3 is 0 Å². The average Bonchev–Trinajstić information content (AvgIpc) is 3.12. The van der Waals surface area contributed by atoms with Crippen LogP contribution in [0.15, 0.2) is 138 Å². The number of nitrogens with zero attached hydrogens (tertiary/aromatic N) is 1. The molecular weight excluding hydrogens is 526 g/mol. The fraction of sp³-hybridized carbons (Fsp3) is 0.0278. The van der Waals surface area contributed by atoms with Crippen LogP contribution >= 0.6 is 15.9 Å². The van der Waals surface area contributed by atoms with Gasteiger partial charge in [-0.1, -0.05) is 121 Å². The molecule has 0 radical (unpaired) electrons. The van der Waals surface area contributed by atoms with Crippen LogP contribution in [0, 0.1) is 0 Å². The summed E-state index contributed by atoms with van der Waals surface area (Å²) < 4.78 is 0.849. The number of pyridine rings is 1. The summed E-state index contributed by atoms with van der Waals surface area (Å²) in [6.07, 6.45) is 2.83. The first kappa shape index (κ1) is 22.9. The van der Waals surface area contributed by atoms with E-state index in [1.54, 1.807) is 0 Å². The number of benzene rings is 5. The molecule has 1 aromatic heterocycles. The number of halogens is 1. The Morgan fingerprint density at radius 2 is 1.16 bits per heavy atom. The lowest BCUT2D eigenvalue weighted by Gasteiger charge is -2.17. The van der Waals surface area contributed by atoms with Crippen molar-refractivity contribution in [3.8, 4) is 11.1 Å². The Balaban J connectivity index is 1.62. The molecule has 1 aliphatic carbocycles. The van der Waals surface area contributed by atoms with E-state index in [2.05, 4.69) is 142 Å². The summed E-state index contributed by atoms with van der Waals surface area (Å²) in [6, 6.07) is 46.0. The van der Waals surface area contributed by atoms with Crippen molar-refractivity contribution in [2.75, 3.05) is 0 Å². The molecule has 0 spiro atoms. The number of hydrogen-bond acceptors (Lipinski definition) is 1. The topological polar surface area (TPSA) is 12.9 Å². The molecule has 0 atom stereocenters. The molecule has 1 heterocycles. The number of hydrogen-bond donors (Lipinski definition) is 0. The van der Waals surface area contributed by atoms with E-state index in [1.165, 1.54) is 60.2 Å². The van der Waals surface area contributed by atoms with E-state index in [0.29, 0.717) is 0 Å². The molecule has 0 amide bonds. The van der Waals surface area contributed by atoms with Gasteiger partial charge in [-0.2, -0.15) is 0 Å². The van der Waals surface area contributed by atoms with Crippen LogP contribution < -0.4 is 10.4 Å². The van der Waals surface area contributed by atoms with E-state index < -0.39 is 0 Å². The molecule has 0 N–H and O–H groups in total. The lowest BCUT2D eigenvalue weighted by Crippen LogP contribution is -2.29. The quantitative estimate of drug-likeness (QED) is 0.206. The summed E-state index contributed by atoms with van der Waals surface area (Å²) >= 11 is 3.50. The number of aromatic nitrogens is 1. The molecule has 2 heteroatoms. The van der Waals surface area contributed by atoms with E-state index in [0.717, 1.165) is 16.6 Å². The number of rotatable bonds is 3. The molecule has 0 saturated carbocycles. The van der Waals surface area contributed by atoms with Gasteiger partial charge in [-0.05, 0) is 94.2 Å². The van der Waals surface area contributed by atoms with Crippen LogP contribution in [0.1, 0.15) is 22.3 Å². The van der Waals surface area contributed by atoms with Crippen LogP contribution in [0.4, 0.5) is 0 Å². The molecule has 0 unspecified atom stereocenters. The third kappa shape index (κ3) is 3.89. The van der Waals surface area contributed by atoms with Crippen molar-refractivity contribution in [3.05, 3.63) is 171 Å². The Kier molecular flexibility index (Phi) is 5.76. The summed E-state index contributed by atoms with van der Waals surface area (Å²) in [7, 11) is 0. The summed E-state index contributed by atoms with van der Waals surface area (Å²) in [5.74, 6) is 0. The van der Waals surface area contributed by atoms with Gasteiger partial charge in [-0.25, -0.2) is 4.98 Å². The molecule has 0 bridgehead atoms. The molecule has 5 aromatic carbocycles. The molecular formula is C36H24BrN. The normalized spacial score (nSPS) is 12.7. The second-order valence-corrected chi connectivity index (χ2v) is 10.5. The van der Waals surface area contributed by atoms with Gasteiger partial charge in [0.2, 0.25) is 0 Å². The summed E-state index contributed by atoms with van der Waals surface area (Å²) in [5.41, 5.74) is 10.1. The first-order valence-corrected chi connectivity index (χ1v) is 13.7.